The SMILES string of the molecule is CC/C(C)=C/C(Br)C[C@@H](C)C(C)C(=O)O. The molecule has 0 aromatic carbocycles. The molecular formula is C12H21BrO2. The average Bonchev–Trinajstić information content (AvgIpc) is 2.15. The Morgan fingerprint density at radius 1 is 1.47 bits per heavy atom. The molecule has 3 heteroatoms. The minimum atomic E-state index is -0.710. The van der Waals surface area contributed by atoms with Gasteiger partial charge in [-0.3, -0.25) is 4.79 Å². The molecule has 0 aromatic rings. The molecule has 0 bridgehead atoms. The van der Waals surface area contributed by atoms with E-state index in [9.17, 15) is 4.79 Å². The standard InChI is InChI=1S/C12H21BrO2/c1-5-8(2)6-11(13)7-9(3)10(4)12(14)15/h6,9-11H,5,7H2,1-4H3,(H,14,15)/b8-6+/t9-,10?,11?/m1/s1. The van der Waals surface area contributed by atoms with Crippen LogP contribution in [0.2, 0.25) is 0 Å². The van der Waals surface area contributed by atoms with Crippen molar-refractivity contribution in [1.82, 2.24) is 0 Å². The first-order valence-electron chi connectivity index (χ1n) is 5.42. The van der Waals surface area contributed by atoms with E-state index in [0.29, 0.717) is 0 Å². The number of aliphatic carboxylic acids is 1. The highest BCUT2D eigenvalue weighted by Crippen LogP contribution is 2.22. The highest BCUT2D eigenvalue weighted by molar-refractivity contribution is 9.09. The van der Waals surface area contributed by atoms with E-state index in [1.807, 2.05) is 6.92 Å². The fourth-order valence-corrected chi connectivity index (χ4v) is 2.34. The Hall–Kier alpha value is -0.310. The van der Waals surface area contributed by atoms with Gasteiger partial charge in [-0.2, -0.15) is 0 Å². The van der Waals surface area contributed by atoms with E-state index < -0.39 is 5.97 Å². The minimum Gasteiger partial charge on any atom is -0.481 e. The third-order valence-corrected chi connectivity index (χ3v) is 3.50. The molecule has 2 nitrogen and oxygen atoms in total. The molecule has 0 saturated carbocycles. The zero-order chi connectivity index (χ0) is 12.0. The fraction of sp³-hybridized carbons (Fsp3) is 0.750. The van der Waals surface area contributed by atoms with Crippen molar-refractivity contribution in [2.24, 2.45) is 11.8 Å². The van der Waals surface area contributed by atoms with Crippen LogP contribution in [0, 0.1) is 11.8 Å². The van der Waals surface area contributed by atoms with Crippen molar-refractivity contribution in [1.29, 1.82) is 0 Å². The van der Waals surface area contributed by atoms with Crippen LogP contribution >= 0.6 is 15.9 Å². The molecule has 0 amide bonds. The second-order valence-electron chi connectivity index (χ2n) is 4.22. The van der Waals surface area contributed by atoms with Crippen LogP contribution in [0.25, 0.3) is 0 Å². The number of rotatable bonds is 6. The first-order valence-corrected chi connectivity index (χ1v) is 6.34. The molecule has 2 unspecified atom stereocenters. The highest BCUT2D eigenvalue weighted by Gasteiger charge is 2.20. The minimum absolute atomic E-state index is 0.188. The summed E-state index contributed by atoms with van der Waals surface area (Å²) in [6, 6.07) is 0. The molecule has 0 rings (SSSR count). The smallest absolute Gasteiger partial charge is 0.306 e. The lowest BCUT2D eigenvalue weighted by molar-refractivity contribution is -0.142. The van der Waals surface area contributed by atoms with Crippen LogP contribution in [-0.4, -0.2) is 15.9 Å². The molecule has 15 heavy (non-hydrogen) atoms. The molecule has 0 heterocycles. The second kappa shape index (κ2) is 7.04. The number of hydrogen-bond acceptors (Lipinski definition) is 1. The molecule has 88 valence electrons. The Bertz CT molecular complexity index is 236. The predicted octanol–water partition coefficient (Wildman–Crippen LogP) is 3.85. The molecule has 0 aliphatic rings. The summed E-state index contributed by atoms with van der Waals surface area (Å²) in [5.41, 5.74) is 1.34. The monoisotopic (exact) mass is 276 g/mol. The van der Waals surface area contributed by atoms with Crippen LogP contribution in [0.15, 0.2) is 11.6 Å². The third-order valence-electron chi connectivity index (χ3n) is 2.86. The van der Waals surface area contributed by atoms with Crippen LogP contribution in [0.5, 0.6) is 0 Å². The van der Waals surface area contributed by atoms with E-state index in [1.165, 1.54) is 5.57 Å². The van der Waals surface area contributed by atoms with E-state index in [1.54, 1.807) is 6.92 Å². The fourth-order valence-electron chi connectivity index (χ4n) is 1.30. The van der Waals surface area contributed by atoms with Crippen molar-refractivity contribution in [3.63, 3.8) is 0 Å². The molecular weight excluding hydrogens is 256 g/mol. The molecule has 0 saturated heterocycles. The number of hydrogen-bond donors (Lipinski definition) is 1. The topological polar surface area (TPSA) is 37.3 Å². The van der Waals surface area contributed by atoms with Crippen molar-refractivity contribution in [2.75, 3.05) is 0 Å². The number of halogens is 1. The summed E-state index contributed by atoms with van der Waals surface area (Å²) in [5.74, 6) is -0.799. The Labute approximate surface area is 101 Å². The lowest BCUT2D eigenvalue weighted by Crippen LogP contribution is -2.20. The van der Waals surface area contributed by atoms with Crippen LogP contribution in [0.1, 0.15) is 40.5 Å². The number of alkyl halides is 1. The molecule has 0 aromatic heterocycles. The van der Waals surface area contributed by atoms with E-state index in [0.717, 1.165) is 12.8 Å². The molecule has 0 aliphatic heterocycles. The number of carboxylic acid groups (broad SMARTS) is 1. The number of carboxylic acids is 1. The normalized spacial score (nSPS) is 18.3. The number of allylic oxidation sites excluding steroid dienone is 2. The van der Waals surface area contributed by atoms with Gasteiger partial charge in [0, 0.05) is 4.83 Å². The maximum atomic E-state index is 10.8. The Morgan fingerprint density at radius 3 is 2.40 bits per heavy atom. The van der Waals surface area contributed by atoms with Gasteiger partial charge in [-0.25, -0.2) is 0 Å². The summed E-state index contributed by atoms with van der Waals surface area (Å²) < 4.78 is 0. The summed E-state index contributed by atoms with van der Waals surface area (Å²) in [7, 11) is 0. The van der Waals surface area contributed by atoms with Crippen molar-refractivity contribution in [3.8, 4) is 0 Å². The van der Waals surface area contributed by atoms with Gasteiger partial charge in [0.2, 0.25) is 0 Å². The van der Waals surface area contributed by atoms with Gasteiger partial charge in [0.25, 0.3) is 0 Å². The second-order valence-corrected chi connectivity index (χ2v) is 5.40. The van der Waals surface area contributed by atoms with Gasteiger partial charge >= 0.3 is 5.97 Å². The first kappa shape index (κ1) is 14.7. The molecule has 0 spiro atoms. The van der Waals surface area contributed by atoms with E-state index >= 15 is 0 Å². The van der Waals surface area contributed by atoms with Gasteiger partial charge in [-0.05, 0) is 25.7 Å². The largest absolute Gasteiger partial charge is 0.481 e. The lowest BCUT2D eigenvalue weighted by atomic mass is 9.91. The molecule has 0 fully saturated rings. The Morgan fingerprint density at radius 2 is 2.00 bits per heavy atom. The summed E-state index contributed by atoms with van der Waals surface area (Å²) in [4.78, 5) is 11.1. The van der Waals surface area contributed by atoms with Gasteiger partial charge in [0.05, 0.1) is 5.92 Å². The molecule has 0 radical (unpaired) electrons. The summed E-state index contributed by atoms with van der Waals surface area (Å²) in [6.07, 6.45) is 4.08. The maximum Gasteiger partial charge on any atom is 0.306 e. The Kier molecular flexibility index (Phi) is 6.90. The number of carbonyl (C=O) groups is 1. The summed E-state index contributed by atoms with van der Waals surface area (Å²) in [6.45, 7) is 7.97. The predicted molar refractivity (Wildman–Crippen MR) is 67.3 cm³/mol. The average molecular weight is 277 g/mol. The Balaban J connectivity index is 4.18. The zero-order valence-corrected chi connectivity index (χ0v) is 11.5. The maximum absolute atomic E-state index is 10.8. The lowest BCUT2D eigenvalue weighted by Gasteiger charge is -2.17. The van der Waals surface area contributed by atoms with Crippen LogP contribution < -0.4 is 0 Å². The van der Waals surface area contributed by atoms with Crippen molar-refractivity contribution in [3.05, 3.63) is 11.6 Å². The van der Waals surface area contributed by atoms with E-state index in [2.05, 4.69) is 35.9 Å². The van der Waals surface area contributed by atoms with Gasteiger partial charge < -0.3 is 5.11 Å². The van der Waals surface area contributed by atoms with E-state index in [-0.39, 0.29) is 16.7 Å². The summed E-state index contributed by atoms with van der Waals surface area (Å²) >= 11 is 3.57. The van der Waals surface area contributed by atoms with Gasteiger partial charge in [0.15, 0.2) is 0 Å². The van der Waals surface area contributed by atoms with Crippen molar-refractivity contribution >= 4 is 21.9 Å². The van der Waals surface area contributed by atoms with Gasteiger partial charge in [-0.15, -0.1) is 0 Å². The van der Waals surface area contributed by atoms with Crippen LogP contribution in [-0.2, 0) is 4.79 Å². The van der Waals surface area contributed by atoms with Crippen molar-refractivity contribution < 1.29 is 9.90 Å². The zero-order valence-electron chi connectivity index (χ0n) is 9.96. The van der Waals surface area contributed by atoms with Gasteiger partial charge in [-0.1, -0.05) is 48.4 Å². The van der Waals surface area contributed by atoms with Crippen LogP contribution in [0.4, 0.5) is 0 Å². The highest BCUT2D eigenvalue weighted by atomic mass is 79.9. The first-order chi connectivity index (χ1) is 6.88. The third kappa shape index (κ3) is 5.98. The molecule has 0 aliphatic carbocycles. The molecule has 3 atom stereocenters. The summed E-state index contributed by atoms with van der Waals surface area (Å²) in [5, 5.41) is 8.86. The quantitative estimate of drug-likeness (QED) is 0.591. The van der Waals surface area contributed by atoms with E-state index in [4.69, 9.17) is 5.11 Å². The van der Waals surface area contributed by atoms with Crippen molar-refractivity contribution in [2.45, 2.75) is 45.4 Å². The molecule has 1 N–H and O–H groups in total. The van der Waals surface area contributed by atoms with Crippen LogP contribution in [0.3, 0.4) is 0 Å². The van der Waals surface area contributed by atoms with Gasteiger partial charge in [0.1, 0.15) is 0 Å².